The smallest absolute Gasteiger partial charge is 0.327 e. The van der Waals surface area contributed by atoms with Gasteiger partial charge in [-0.25, -0.2) is 4.79 Å². The van der Waals surface area contributed by atoms with Crippen LogP contribution in [0.1, 0.15) is 50.5 Å². The highest BCUT2D eigenvalue weighted by molar-refractivity contribution is 6.08. The molecule has 1 N–H and O–H groups in total. The molecule has 1 aromatic rings. The number of benzene rings is 1. The minimum Gasteiger partial charge on any atom is -0.355 e. The number of piperazine rings is 1. The molecule has 0 unspecified atom stereocenters. The first-order chi connectivity index (χ1) is 16.5. The first kappa shape index (κ1) is 24.7. The maximum Gasteiger partial charge on any atom is 0.327 e. The third kappa shape index (κ3) is 5.61. The molecule has 1 aromatic carbocycles. The maximum atomic E-state index is 13.0. The summed E-state index contributed by atoms with van der Waals surface area (Å²) in [5.41, 5.74) is 0.644. The summed E-state index contributed by atoms with van der Waals surface area (Å²) < 4.78 is 0. The SMILES string of the molecule is CN1C(=O)N(CC(=O)NCCCCN2CCN(Cc3ccccc3)CC2)C(=O)C12CCCCC2. The molecule has 0 radical (unpaired) electrons. The Labute approximate surface area is 203 Å². The van der Waals surface area contributed by atoms with Crippen molar-refractivity contribution in [3.63, 3.8) is 0 Å². The summed E-state index contributed by atoms with van der Waals surface area (Å²) >= 11 is 0. The highest BCUT2D eigenvalue weighted by Gasteiger charge is 2.55. The summed E-state index contributed by atoms with van der Waals surface area (Å²) in [7, 11) is 1.70. The molecule has 1 spiro atoms. The van der Waals surface area contributed by atoms with E-state index >= 15 is 0 Å². The molecule has 1 aliphatic carbocycles. The molecule has 186 valence electrons. The van der Waals surface area contributed by atoms with Gasteiger partial charge in [-0.1, -0.05) is 49.6 Å². The van der Waals surface area contributed by atoms with Crippen LogP contribution in [0, 0.1) is 0 Å². The Bertz CT molecular complexity index is 847. The first-order valence-corrected chi connectivity index (χ1v) is 12.8. The zero-order chi connectivity index (χ0) is 24.0. The minimum atomic E-state index is -0.721. The third-order valence-electron chi connectivity index (χ3n) is 7.72. The molecule has 8 heteroatoms. The molecule has 3 fully saturated rings. The van der Waals surface area contributed by atoms with Crippen molar-refractivity contribution in [2.24, 2.45) is 0 Å². The Morgan fingerprint density at radius 3 is 2.32 bits per heavy atom. The standard InChI is InChI=1S/C26H39N5O3/c1-28-25(34)31(24(33)26(28)12-6-3-7-13-26)21-23(32)27-14-8-9-15-29-16-18-30(19-17-29)20-22-10-4-2-5-11-22/h2,4-5,10-11H,3,6-9,12-21H2,1H3,(H,27,32). The molecule has 2 aliphatic heterocycles. The van der Waals surface area contributed by atoms with Crippen molar-refractivity contribution < 1.29 is 14.4 Å². The second-order valence-electron chi connectivity index (χ2n) is 9.99. The van der Waals surface area contributed by atoms with E-state index in [2.05, 4.69) is 45.4 Å². The van der Waals surface area contributed by atoms with Crippen LogP contribution < -0.4 is 5.32 Å². The van der Waals surface area contributed by atoms with Gasteiger partial charge in [0, 0.05) is 46.3 Å². The van der Waals surface area contributed by atoms with Crippen molar-refractivity contribution in [2.75, 3.05) is 52.9 Å². The van der Waals surface area contributed by atoms with E-state index in [9.17, 15) is 14.4 Å². The third-order valence-corrected chi connectivity index (χ3v) is 7.72. The van der Waals surface area contributed by atoms with E-state index < -0.39 is 5.54 Å². The summed E-state index contributed by atoms with van der Waals surface area (Å²) in [5, 5.41) is 2.90. The Hall–Kier alpha value is -2.45. The highest BCUT2D eigenvalue weighted by atomic mass is 16.2. The van der Waals surface area contributed by atoms with Crippen LogP contribution in [0.2, 0.25) is 0 Å². The normalized spacial score (nSPS) is 21.4. The second-order valence-corrected chi connectivity index (χ2v) is 9.99. The fraction of sp³-hybridized carbons (Fsp3) is 0.654. The number of carbonyl (C=O) groups excluding carboxylic acids is 3. The molecule has 1 saturated carbocycles. The fourth-order valence-electron chi connectivity index (χ4n) is 5.57. The molecular weight excluding hydrogens is 430 g/mol. The van der Waals surface area contributed by atoms with Gasteiger partial charge in [0.15, 0.2) is 0 Å². The Morgan fingerprint density at radius 2 is 1.62 bits per heavy atom. The van der Waals surface area contributed by atoms with Crippen molar-refractivity contribution in [1.82, 2.24) is 24.9 Å². The van der Waals surface area contributed by atoms with Gasteiger partial charge in [-0.15, -0.1) is 0 Å². The Morgan fingerprint density at radius 1 is 0.941 bits per heavy atom. The second kappa shape index (κ2) is 11.3. The summed E-state index contributed by atoms with van der Waals surface area (Å²) in [4.78, 5) is 45.8. The Kier molecular flexibility index (Phi) is 8.21. The molecule has 2 saturated heterocycles. The number of nitrogens with one attached hydrogen (secondary N) is 1. The van der Waals surface area contributed by atoms with Gasteiger partial charge in [0.25, 0.3) is 5.91 Å². The summed E-state index contributed by atoms with van der Waals surface area (Å²) in [6, 6.07) is 10.3. The van der Waals surface area contributed by atoms with Gasteiger partial charge in [0.1, 0.15) is 12.1 Å². The fourth-order valence-corrected chi connectivity index (χ4v) is 5.57. The number of hydrogen-bond acceptors (Lipinski definition) is 5. The van der Waals surface area contributed by atoms with Crippen LogP contribution in [0.4, 0.5) is 4.79 Å². The van der Waals surface area contributed by atoms with E-state index in [1.165, 1.54) is 5.56 Å². The van der Waals surface area contributed by atoms with Gasteiger partial charge in [-0.3, -0.25) is 19.4 Å². The number of hydrogen-bond donors (Lipinski definition) is 1. The summed E-state index contributed by atoms with van der Waals surface area (Å²) in [6.45, 7) is 6.77. The van der Waals surface area contributed by atoms with Crippen molar-refractivity contribution in [1.29, 1.82) is 0 Å². The number of imide groups is 1. The van der Waals surface area contributed by atoms with Gasteiger partial charge >= 0.3 is 6.03 Å². The van der Waals surface area contributed by atoms with E-state index in [4.69, 9.17) is 0 Å². The van der Waals surface area contributed by atoms with Crippen LogP contribution in [0.15, 0.2) is 30.3 Å². The molecule has 3 aliphatic rings. The van der Waals surface area contributed by atoms with Gasteiger partial charge in [-0.2, -0.15) is 0 Å². The van der Waals surface area contributed by atoms with Gasteiger partial charge in [0.2, 0.25) is 5.91 Å². The largest absolute Gasteiger partial charge is 0.355 e. The topological polar surface area (TPSA) is 76.2 Å². The van der Waals surface area contributed by atoms with Gasteiger partial charge in [-0.05, 0) is 37.8 Å². The quantitative estimate of drug-likeness (QED) is 0.444. The number of unbranched alkanes of at least 4 members (excludes halogenated alkanes) is 1. The van der Waals surface area contributed by atoms with Crippen molar-refractivity contribution >= 4 is 17.8 Å². The van der Waals surface area contributed by atoms with E-state index in [0.29, 0.717) is 19.4 Å². The molecule has 4 rings (SSSR count). The molecule has 0 atom stereocenters. The van der Waals surface area contributed by atoms with Crippen molar-refractivity contribution in [3.8, 4) is 0 Å². The predicted octanol–water partition coefficient (Wildman–Crippen LogP) is 2.30. The highest BCUT2D eigenvalue weighted by Crippen LogP contribution is 2.39. The van der Waals surface area contributed by atoms with Gasteiger partial charge in [0.05, 0.1) is 0 Å². The molecule has 8 nitrogen and oxygen atoms in total. The number of urea groups is 1. The number of amides is 4. The number of likely N-dealkylation sites (N-methyl/N-ethyl adjacent to an activating group) is 1. The summed E-state index contributed by atoms with van der Waals surface area (Å²) in [6.07, 6.45) is 6.31. The van der Waals surface area contributed by atoms with Crippen molar-refractivity contribution in [2.45, 2.75) is 57.0 Å². The minimum absolute atomic E-state index is 0.173. The van der Waals surface area contributed by atoms with E-state index in [0.717, 1.165) is 76.3 Å². The van der Waals surface area contributed by atoms with E-state index in [1.54, 1.807) is 11.9 Å². The first-order valence-electron chi connectivity index (χ1n) is 12.8. The lowest BCUT2D eigenvalue weighted by Crippen LogP contribution is -2.49. The average Bonchev–Trinajstić information content (AvgIpc) is 3.02. The molecule has 4 amide bonds. The lowest BCUT2D eigenvalue weighted by Gasteiger charge is -2.35. The van der Waals surface area contributed by atoms with Crippen LogP contribution >= 0.6 is 0 Å². The van der Waals surface area contributed by atoms with Crippen LogP contribution in [-0.2, 0) is 16.1 Å². The lowest BCUT2D eigenvalue weighted by molar-refractivity contribution is -0.137. The monoisotopic (exact) mass is 469 g/mol. The number of carbonyl (C=O) groups is 3. The maximum absolute atomic E-state index is 13.0. The number of rotatable bonds is 9. The molecule has 0 bridgehead atoms. The van der Waals surface area contributed by atoms with Gasteiger partial charge < -0.3 is 15.1 Å². The van der Waals surface area contributed by atoms with E-state index in [1.807, 2.05) is 0 Å². The zero-order valence-electron chi connectivity index (χ0n) is 20.5. The average molecular weight is 470 g/mol. The van der Waals surface area contributed by atoms with Crippen LogP contribution in [-0.4, -0.2) is 95.8 Å². The lowest BCUT2D eigenvalue weighted by atomic mass is 9.81. The van der Waals surface area contributed by atoms with Crippen LogP contribution in [0.25, 0.3) is 0 Å². The molecule has 34 heavy (non-hydrogen) atoms. The Balaban J connectivity index is 1.10. The number of nitrogens with zero attached hydrogens (tertiary/aromatic N) is 4. The molecular formula is C26H39N5O3. The molecule has 0 aromatic heterocycles. The summed E-state index contributed by atoms with van der Waals surface area (Å²) in [5.74, 6) is -0.446. The molecule has 2 heterocycles. The van der Waals surface area contributed by atoms with Crippen LogP contribution in [0.5, 0.6) is 0 Å². The zero-order valence-corrected chi connectivity index (χ0v) is 20.5. The van der Waals surface area contributed by atoms with Crippen LogP contribution in [0.3, 0.4) is 0 Å². The van der Waals surface area contributed by atoms with Crippen molar-refractivity contribution in [3.05, 3.63) is 35.9 Å². The predicted molar refractivity (Wildman–Crippen MR) is 131 cm³/mol. The van der Waals surface area contributed by atoms with E-state index in [-0.39, 0.29) is 24.4 Å².